The van der Waals surface area contributed by atoms with Crippen LogP contribution in [0.1, 0.15) is 17.0 Å². The Balaban J connectivity index is 3.37. The van der Waals surface area contributed by atoms with E-state index in [4.69, 9.17) is 6.42 Å². The molecule has 0 atom stereocenters. The predicted octanol–water partition coefficient (Wildman–Crippen LogP) is 1.96. The van der Waals surface area contributed by atoms with Crippen LogP contribution in [0.4, 0.5) is 13.2 Å². The van der Waals surface area contributed by atoms with Gasteiger partial charge in [0, 0.05) is 0 Å². The Bertz CT molecular complexity index is 368. The maximum Gasteiger partial charge on any atom is 0.504 e. The Hall–Kier alpha value is -1.44. The lowest BCUT2D eigenvalue weighted by atomic mass is 10.2. The molecule has 0 N–H and O–H groups in total. The van der Waals surface area contributed by atoms with E-state index in [9.17, 15) is 13.2 Å². The zero-order chi connectivity index (χ0) is 10.2. The first kappa shape index (κ1) is 9.65. The minimum atomic E-state index is -4.50. The molecule has 0 spiro atoms. The fourth-order valence-corrected chi connectivity index (χ4v) is 1.10. The number of terminal acetylenes is 1. The van der Waals surface area contributed by atoms with Crippen molar-refractivity contribution >= 4 is 0 Å². The van der Waals surface area contributed by atoms with E-state index < -0.39 is 6.30 Å². The molecule has 2 nitrogen and oxygen atoms in total. The number of aromatic nitrogens is 2. The molecular weight excluding hydrogens is 181 g/mol. The third kappa shape index (κ3) is 1.52. The van der Waals surface area contributed by atoms with Crippen molar-refractivity contribution in [2.75, 3.05) is 0 Å². The molecular formula is C8H7F3N2. The molecule has 1 aromatic rings. The van der Waals surface area contributed by atoms with E-state index in [1.807, 2.05) is 0 Å². The number of aryl methyl sites for hydroxylation is 1. The van der Waals surface area contributed by atoms with Crippen molar-refractivity contribution in [2.24, 2.45) is 0 Å². The van der Waals surface area contributed by atoms with Crippen LogP contribution < -0.4 is 0 Å². The van der Waals surface area contributed by atoms with Crippen LogP contribution in [-0.4, -0.2) is 9.78 Å². The van der Waals surface area contributed by atoms with Crippen LogP contribution in [0.25, 0.3) is 0 Å². The standard InChI is InChI=1S/C8H7F3N2/c1-4-7-5(2)12-13(6(7)3)8(9,10)11/h1H,2-3H3. The van der Waals surface area contributed by atoms with Gasteiger partial charge in [-0.05, 0) is 13.8 Å². The van der Waals surface area contributed by atoms with Gasteiger partial charge in [0.15, 0.2) is 0 Å². The Morgan fingerprint density at radius 1 is 1.38 bits per heavy atom. The molecule has 0 saturated carbocycles. The molecule has 0 bridgehead atoms. The summed E-state index contributed by atoms with van der Waals surface area (Å²) in [6.45, 7) is 2.74. The summed E-state index contributed by atoms with van der Waals surface area (Å²) in [7, 11) is 0. The van der Waals surface area contributed by atoms with Crippen LogP contribution in [0.15, 0.2) is 0 Å². The fourth-order valence-electron chi connectivity index (χ4n) is 1.10. The van der Waals surface area contributed by atoms with Gasteiger partial charge >= 0.3 is 6.30 Å². The van der Waals surface area contributed by atoms with Crippen LogP contribution in [-0.2, 0) is 6.30 Å². The average Bonchev–Trinajstić information content (AvgIpc) is 2.25. The van der Waals surface area contributed by atoms with E-state index in [1.54, 1.807) is 0 Å². The second kappa shape index (κ2) is 2.80. The minimum Gasteiger partial charge on any atom is -0.175 e. The van der Waals surface area contributed by atoms with Gasteiger partial charge in [0.2, 0.25) is 0 Å². The first-order valence-electron chi connectivity index (χ1n) is 3.48. The van der Waals surface area contributed by atoms with Crippen molar-refractivity contribution < 1.29 is 13.2 Å². The second-order valence-corrected chi connectivity index (χ2v) is 2.57. The summed E-state index contributed by atoms with van der Waals surface area (Å²) in [6, 6.07) is 0. The van der Waals surface area contributed by atoms with Gasteiger partial charge in [-0.1, -0.05) is 5.92 Å². The summed E-state index contributed by atoms with van der Waals surface area (Å²) < 4.78 is 36.6. The number of rotatable bonds is 0. The largest absolute Gasteiger partial charge is 0.504 e. The number of halogens is 3. The summed E-state index contributed by atoms with van der Waals surface area (Å²) in [5.41, 5.74) is 0.377. The third-order valence-corrected chi connectivity index (χ3v) is 1.68. The predicted molar refractivity (Wildman–Crippen MR) is 40.9 cm³/mol. The Labute approximate surface area is 73.4 Å². The number of nitrogens with zero attached hydrogens (tertiary/aromatic N) is 2. The smallest absolute Gasteiger partial charge is 0.175 e. The van der Waals surface area contributed by atoms with Gasteiger partial charge in [-0.25, -0.2) is 0 Å². The summed E-state index contributed by atoms with van der Waals surface area (Å²) >= 11 is 0. The molecule has 1 heterocycles. The van der Waals surface area contributed by atoms with E-state index in [-0.39, 0.29) is 21.6 Å². The molecule has 0 aliphatic rings. The first-order chi connectivity index (χ1) is 5.88. The lowest BCUT2D eigenvalue weighted by Gasteiger charge is -2.07. The molecule has 0 aliphatic heterocycles. The van der Waals surface area contributed by atoms with Gasteiger partial charge in [0.25, 0.3) is 0 Å². The van der Waals surface area contributed by atoms with Crippen LogP contribution in [0.5, 0.6) is 0 Å². The summed E-state index contributed by atoms with van der Waals surface area (Å²) in [6.07, 6.45) is 0.541. The number of hydrogen-bond donors (Lipinski definition) is 0. The van der Waals surface area contributed by atoms with Crippen LogP contribution in [0.3, 0.4) is 0 Å². The Morgan fingerprint density at radius 3 is 2.15 bits per heavy atom. The second-order valence-electron chi connectivity index (χ2n) is 2.57. The number of alkyl halides is 3. The first-order valence-corrected chi connectivity index (χ1v) is 3.48. The van der Waals surface area contributed by atoms with Gasteiger partial charge in [0.1, 0.15) is 0 Å². The zero-order valence-corrected chi connectivity index (χ0v) is 7.11. The lowest BCUT2D eigenvalue weighted by Crippen LogP contribution is -2.19. The van der Waals surface area contributed by atoms with Crippen molar-refractivity contribution in [3.8, 4) is 12.3 Å². The lowest BCUT2D eigenvalue weighted by molar-refractivity contribution is -0.213. The van der Waals surface area contributed by atoms with E-state index in [0.29, 0.717) is 0 Å². The van der Waals surface area contributed by atoms with E-state index >= 15 is 0 Å². The van der Waals surface area contributed by atoms with Crippen molar-refractivity contribution in [2.45, 2.75) is 20.1 Å². The summed E-state index contributed by atoms with van der Waals surface area (Å²) in [4.78, 5) is 0. The molecule has 13 heavy (non-hydrogen) atoms. The average molecular weight is 188 g/mol. The van der Waals surface area contributed by atoms with Gasteiger partial charge in [0.05, 0.1) is 17.0 Å². The minimum absolute atomic E-state index is 0.0163. The van der Waals surface area contributed by atoms with Gasteiger partial charge < -0.3 is 0 Å². The third-order valence-electron chi connectivity index (χ3n) is 1.68. The van der Waals surface area contributed by atoms with Gasteiger partial charge in [-0.2, -0.15) is 9.78 Å². The van der Waals surface area contributed by atoms with Crippen molar-refractivity contribution in [3.05, 3.63) is 17.0 Å². The topological polar surface area (TPSA) is 17.8 Å². The molecule has 0 saturated heterocycles. The van der Waals surface area contributed by atoms with Crippen molar-refractivity contribution in [1.82, 2.24) is 9.78 Å². The van der Waals surface area contributed by atoms with Gasteiger partial charge in [-0.3, -0.25) is 0 Å². The molecule has 0 aromatic carbocycles. The van der Waals surface area contributed by atoms with E-state index in [1.165, 1.54) is 13.8 Å². The fraction of sp³-hybridized carbons (Fsp3) is 0.375. The molecule has 0 amide bonds. The molecule has 1 rings (SSSR count). The highest BCUT2D eigenvalue weighted by molar-refractivity contribution is 5.39. The Kier molecular flexibility index (Phi) is 2.08. The van der Waals surface area contributed by atoms with Crippen LogP contribution in [0, 0.1) is 26.2 Å². The highest BCUT2D eigenvalue weighted by Gasteiger charge is 2.34. The maximum atomic E-state index is 12.2. The Morgan fingerprint density at radius 2 is 1.92 bits per heavy atom. The highest BCUT2D eigenvalue weighted by Crippen LogP contribution is 2.25. The molecule has 0 radical (unpaired) electrons. The maximum absolute atomic E-state index is 12.2. The molecule has 5 heteroatoms. The molecule has 70 valence electrons. The van der Waals surface area contributed by atoms with Crippen molar-refractivity contribution in [1.29, 1.82) is 0 Å². The normalized spacial score (nSPS) is 11.4. The van der Waals surface area contributed by atoms with Gasteiger partial charge in [-0.15, -0.1) is 19.6 Å². The molecule has 0 fully saturated rings. The molecule has 0 unspecified atom stereocenters. The quantitative estimate of drug-likeness (QED) is 0.569. The zero-order valence-electron chi connectivity index (χ0n) is 7.11. The van der Waals surface area contributed by atoms with Crippen LogP contribution in [0.2, 0.25) is 0 Å². The van der Waals surface area contributed by atoms with E-state index in [0.717, 1.165) is 0 Å². The van der Waals surface area contributed by atoms with Crippen LogP contribution >= 0.6 is 0 Å². The molecule has 1 aromatic heterocycles. The molecule has 0 aliphatic carbocycles. The SMILES string of the molecule is C#Cc1c(C)nn(C(F)(F)F)c1C. The highest BCUT2D eigenvalue weighted by atomic mass is 19.4. The summed E-state index contributed by atoms with van der Waals surface area (Å²) in [5, 5.41) is 3.30. The number of hydrogen-bond acceptors (Lipinski definition) is 1. The monoisotopic (exact) mass is 188 g/mol. The van der Waals surface area contributed by atoms with Crippen molar-refractivity contribution in [3.63, 3.8) is 0 Å². The van der Waals surface area contributed by atoms with E-state index in [2.05, 4.69) is 11.0 Å². The summed E-state index contributed by atoms with van der Waals surface area (Å²) in [5.74, 6) is 2.17.